The number of carboxylic acid groups (broad SMARTS) is 1. The van der Waals surface area contributed by atoms with Gasteiger partial charge in [0, 0.05) is 25.7 Å². The van der Waals surface area contributed by atoms with Crippen LogP contribution in [0, 0.1) is 11.3 Å². The highest BCUT2D eigenvalue weighted by Crippen LogP contribution is 2.05. The lowest BCUT2D eigenvalue weighted by Gasteiger charge is -2.05. The number of hydrogen-bond donors (Lipinski definition) is 3. The molecule has 0 heterocycles. The summed E-state index contributed by atoms with van der Waals surface area (Å²) in [4.78, 5) is 33.5. The fourth-order valence-electron chi connectivity index (χ4n) is 1.83. The summed E-state index contributed by atoms with van der Waals surface area (Å²) in [6, 6.07) is 8.47. The summed E-state index contributed by atoms with van der Waals surface area (Å²) in [6.07, 6.45) is 1.53. The second-order valence-corrected chi connectivity index (χ2v) is 4.99. The zero-order valence-corrected chi connectivity index (χ0v) is 13.7. The van der Waals surface area contributed by atoms with Crippen molar-refractivity contribution in [3.05, 3.63) is 47.2 Å². The van der Waals surface area contributed by atoms with Crippen LogP contribution >= 0.6 is 0 Å². The first-order chi connectivity index (χ1) is 12.0. The lowest BCUT2D eigenvalue weighted by molar-refractivity contribution is -0.137. The first kappa shape index (κ1) is 19.7. The Morgan fingerprint density at radius 3 is 2.52 bits per heavy atom. The molecule has 132 valence electrons. The van der Waals surface area contributed by atoms with Gasteiger partial charge in [-0.25, -0.2) is 4.79 Å². The van der Waals surface area contributed by atoms with Gasteiger partial charge in [0.05, 0.1) is 12.7 Å². The third-order valence-electron chi connectivity index (χ3n) is 3.15. The molecule has 0 aliphatic heterocycles. The minimum absolute atomic E-state index is 0.0499. The van der Waals surface area contributed by atoms with Crippen LogP contribution in [0.2, 0.25) is 0 Å². The molecule has 1 amide bonds. The summed E-state index contributed by atoms with van der Waals surface area (Å²) in [5, 5.41) is 22.8. The van der Waals surface area contributed by atoms with E-state index in [4.69, 9.17) is 10.4 Å². The van der Waals surface area contributed by atoms with Gasteiger partial charge >= 0.3 is 11.9 Å². The van der Waals surface area contributed by atoms with Crippen LogP contribution in [0.15, 0.2) is 36.0 Å². The molecule has 25 heavy (non-hydrogen) atoms. The van der Waals surface area contributed by atoms with Gasteiger partial charge in [-0.1, -0.05) is 12.1 Å². The van der Waals surface area contributed by atoms with Gasteiger partial charge < -0.3 is 20.5 Å². The maximum Gasteiger partial charge on any atom is 0.337 e. The molecule has 1 rings (SSSR count). The predicted molar refractivity (Wildman–Crippen MR) is 88.2 cm³/mol. The third-order valence-corrected chi connectivity index (χ3v) is 3.15. The molecule has 0 aromatic heterocycles. The van der Waals surface area contributed by atoms with Gasteiger partial charge in [-0.05, 0) is 24.1 Å². The van der Waals surface area contributed by atoms with Crippen molar-refractivity contribution in [2.45, 2.75) is 19.4 Å². The van der Waals surface area contributed by atoms with E-state index in [1.165, 1.54) is 13.3 Å². The topological polar surface area (TPSA) is 129 Å². The van der Waals surface area contributed by atoms with Crippen molar-refractivity contribution >= 4 is 17.8 Å². The molecule has 0 radical (unpaired) electrons. The summed E-state index contributed by atoms with van der Waals surface area (Å²) in [7, 11) is 1.30. The maximum absolute atomic E-state index is 11.8. The molecule has 1 aromatic carbocycles. The Morgan fingerprint density at radius 1 is 1.28 bits per heavy atom. The van der Waals surface area contributed by atoms with Crippen molar-refractivity contribution in [1.82, 2.24) is 10.6 Å². The Labute approximate surface area is 145 Å². The molecule has 0 spiro atoms. The van der Waals surface area contributed by atoms with E-state index in [9.17, 15) is 14.4 Å². The number of rotatable bonds is 9. The van der Waals surface area contributed by atoms with Crippen molar-refractivity contribution in [3.8, 4) is 6.07 Å². The van der Waals surface area contributed by atoms with Gasteiger partial charge in [-0.2, -0.15) is 5.26 Å². The smallest absolute Gasteiger partial charge is 0.337 e. The molecule has 8 nitrogen and oxygen atoms in total. The van der Waals surface area contributed by atoms with Gasteiger partial charge in [-0.15, -0.1) is 0 Å². The Morgan fingerprint density at radius 2 is 1.96 bits per heavy atom. The second-order valence-electron chi connectivity index (χ2n) is 4.99. The van der Waals surface area contributed by atoms with Gasteiger partial charge in [-0.3, -0.25) is 9.59 Å². The number of benzene rings is 1. The van der Waals surface area contributed by atoms with E-state index in [1.54, 1.807) is 30.3 Å². The Balaban J connectivity index is 2.49. The molecule has 0 aliphatic carbocycles. The fourth-order valence-corrected chi connectivity index (χ4v) is 1.83. The molecule has 3 N–H and O–H groups in total. The number of hydrogen-bond acceptors (Lipinski definition) is 6. The average Bonchev–Trinajstić information content (AvgIpc) is 2.62. The predicted octanol–water partition coefficient (Wildman–Crippen LogP) is 0.951. The van der Waals surface area contributed by atoms with E-state index in [0.29, 0.717) is 18.5 Å². The first-order valence-corrected chi connectivity index (χ1v) is 7.48. The minimum Gasteiger partial charge on any atom is -0.481 e. The van der Waals surface area contributed by atoms with Gasteiger partial charge in [0.25, 0.3) is 5.91 Å². The van der Waals surface area contributed by atoms with Crippen molar-refractivity contribution in [1.29, 1.82) is 5.26 Å². The van der Waals surface area contributed by atoms with Crippen LogP contribution in [0.3, 0.4) is 0 Å². The minimum atomic E-state index is -0.940. The molecular weight excluding hydrogens is 326 g/mol. The molecule has 8 heteroatoms. The highest BCUT2D eigenvalue weighted by Gasteiger charge is 2.08. The Bertz CT molecular complexity index is 689. The van der Waals surface area contributed by atoms with E-state index in [-0.39, 0.29) is 18.5 Å². The number of esters is 1. The SMILES string of the molecule is COC(=O)c1ccc(CN/C=C(/C#N)C(=O)NCCCC(=O)O)cc1. The van der Waals surface area contributed by atoms with Crippen molar-refractivity contribution in [2.24, 2.45) is 0 Å². The number of nitriles is 1. The van der Waals surface area contributed by atoms with Crippen molar-refractivity contribution in [3.63, 3.8) is 0 Å². The summed E-state index contributed by atoms with van der Waals surface area (Å²) in [6.45, 7) is 0.540. The number of carbonyl (C=O) groups excluding carboxylic acids is 2. The van der Waals surface area contributed by atoms with Crippen LogP contribution in [0.1, 0.15) is 28.8 Å². The molecular formula is C17H19N3O5. The fraction of sp³-hybridized carbons (Fsp3) is 0.294. The maximum atomic E-state index is 11.8. The van der Waals surface area contributed by atoms with Gasteiger partial charge in [0.15, 0.2) is 0 Å². The molecule has 0 atom stereocenters. The van der Waals surface area contributed by atoms with E-state index in [0.717, 1.165) is 5.56 Å². The van der Waals surface area contributed by atoms with E-state index in [1.807, 2.05) is 0 Å². The zero-order valence-electron chi connectivity index (χ0n) is 13.7. The number of carbonyl (C=O) groups is 3. The molecule has 1 aromatic rings. The number of methoxy groups -OCH3 is 1. The average molecular weight is 345 g/mol. The monoisotopic (exact) mass is 345 g/mol. The highest BCUT2D eigenvalue weighted by molar-refractivity contribution is 5.97. The highest BCUT2D eigenvalue weighted by atomic mass is 16.5. The second kappa shape index (κ2) is 10.4. The number of aliphatic carboxylic acids is 1. The van der Waals surface area contributed by atoms with E-state index < -0.39 is 17.8 Å². The Kier molecular flexibility index (Phi) is 8.23. The molecule has 0 bridgehead atoms. The molecule has 0 aliphatic rings. The number of nitrogens with zero attached hydrogens (tertiary/aromatic N) is 1. The summed E-state index contributed by atoms with van der Waals surface area (Å²) >= 11 is 0. The number of amides is 1. The quantitative estimate of drug-likeness (QED) is 0.263. The van der Waals surface area contributed by atoms with E-state index in [2.05, 4.69) is 15.4 Å². The lowest BCUT2D eigenvalue weighted by atomic mass is 10.1. The number of ether oxygens (including phenoxy) is 1. The third kappa shape index (κ3) is 7.18. The summed E-state index contributed by atoms with van der Waals surface area (Å²) in [5.74, 6) is -1.93. The van der Waals surface area contributed by atoms with Gasteiger partial charge in [0.1, 0.15) is 11.6 Å². The van der Waals surface area contributed by atoms with Crippen LogP contribution in [-0.4, -0.2) is 36.6 Å². The van der Waals surface area contributed by atoms with Crippen LogP contribution < -0.4 is 10.6 Å². The van der Waals surface area contributed by atoms with Crippen molar-refractivity contribution in [2.75, 3.05) is 13.7 Å². The first-order valence-electron chi connectivity index (χ1n) is 7.48. The number of carboxylic acids is 1. The molecule has 0 unspecified atom stereocenters. The van der Waals surface area contributed by atoms with Crippen LogP contribution in [0.4, 0.5) is 0 Å². The summed E-state index contributed by atoms with van der Waals surface area (Å²) < 4.78 is 4.61. The molecule has 0 saturated carbocycles. The van der Waals surface area contributed by atoms with E-state index >= 15 is 0 Å². The van der Waals surface area contributed by atoms with Crippen LogP contribution in [0.5, 0.6) is 0 Å². The van der Waals surface area contributed by atoms with Crippen LogP contribution in [-0.2, 0) is 20.9 Å². The standard InChI is InChI=1S/C17H19N3O5/c1-25-17(24)13-6-4-12(5-7-13)10-19-11-14(9-18)16(23)20-8-2-3-15(21)22/h4-7,11,19H,2-3,8,10H2,1H3,(H,20,23)(H,21,22)/b14-11-. The summed E-state index contributed by atoms with van der Waals surface area (Å²) in [5.41, 5.74) is 1.17. The zero-order chi connectivity index (χ0) is 18.7. The molecule has 0 fully saturated rings. The Hall–Kier alpha value is -3.34. The van der Waals surface area contributed by atoms with Gasteiger partial charge in [0.2, 0.25) is 0 Å². The normalized spacial score (nSPS) is 10.5. The number of nitrogens with one attached hydrogen (secondary N) is 2. The molecule has 0 saturated heterocycles. The lowest BCUT2D eigenvalue weighted by Crippen LogP contribution is -2.27. The van der Waals surface area contributed by atoms with Crippen LogP contribution in [0.25, 0.3) is 0 Å². The van der Waals surface area contributed by atoms with Crippen molar-refractivity contribution < 1.29 is 24.2 Å². The largest absolute Gasteiger partial charge is 0.481 e.